The summed E-state index contributed by atoms with van der Waals surface area (Å²) in [5.74, 6) is -0.0834. The molecule has 132 valence electrons. The molecule has 2 aromatic carbocycles. The van der Waals surface area contributed by atoms with Crippen LogP contribution in [0.2, 0.25) is 0 Å². The molecule has 1 N–H and O–H groups in total. The largest absolute Gasteiger partial charge is 0.497 e. The highest BCUT2D eigenvalue weighted by Crippen LogP contribution is 2.26. The van der Waals surface area contributed by atoms with E-state index in [0.29, 0.717) is 11.4 Å². The number of nitrogens with zero attached hydrogens (tertiary/aromatic N) is 1. The van der Waals surface area contributed by atoms with Crippen LogP contribution in [0.3, 0.4) is 0 Å². The van der Waals surface area contributed by atoms with Gasteiger partial charge in [0.25, 0.3) is 0 Å². The average Bonchev–Trinajstić information content (AvgIpc) is 2.95. The monoisotopic (exact) mass is 364 g/mol. The van der Waals surface area contributed by atoms with E-state index in [9.17, 15) is 17.6 Å². The van der Waals surface area contributed by atoms with Gasteiger partial charge in [-0.3, -0.25) is 4.79 Å². The molecule has 0 aromatic heterocycles. The maximum atomic E-state index is 13.0. The van der Waals surface area contributed by atoms with Crippen LogP contribution in [0.4, 0.5) is 10.1 Å². The minimum absolute atomic E-state index is 0.0406. The van der Waals surface area contributed by atoms with Gasteiger partial charge in [-0.25, -0.2) is 17.5 Å². The lowest BCUT2D eigenvalue weighted by Crippen LogP contribution is -2.37. The van der Waals surface area contributed by atoms with Gasteiger partial charge in [0.1, 0.15) is 11.6 Å². The molecule has 1 saturated heterocycles. The van der Waals surface area contributed by atoms with Crippen LogP contribution in [0.5, 0.6) is 5.75 Å². The second-order valence-corrected chi connectivity index (χ2v) is 7.40. The van der Waals surface area contributed by atoms with Crippen LogP contribution >= 0.6 is 0 Å². The number of methoxy groups -OCH3 is 1. The summed E-state index contributed by atoms with van der Waals surface area (Å²) in [5, 5.41) is 0. The Labute approximate surface area is 145 Å². The zero-order chi connectivity index (χ0) is 18.0. The maximum absolute atomic E-state index is 13.0. The van der Waals surface area contributed by atoms with E-state index in [1.165, 1.54) is 24.1 Å². The highest BCUT2D eigenvalue weighted by atomic mass is 32.2. The van der Waals surface area contributed by atoms with Crippen molar-refractivity contribution in [1.29, 1.82) is 0 Å². The second-order valence-electron chi connectivity index (χ2n) is 5.68. The fourth-order valence-corrected chi connectivity index (χ4v) is 3.94. The summed E-state index contributed by atoms with van der Waals surface area (Å²) in [6, 6.07) is 11.0. The quantitative estimate of drug-likeness (QED) is 0.880. The van der Waals surface area contributed by atoms with E-state index in [1.54, 1.807) is 24.3 Å². The smallest absolute Gasteiger partial charge is 0.240 e. The third-order valence-electron chi connectivity index (χ3n) is 3.94. The first-order chi connectivity index (χ1) is 11.9. The van der Waals surface area contributed by atoms with Crippen LogP contribution in [0.1, 0.15) is 6.42 Å². The standard InChI is InChI=1S/C17H17FN2O4S/c1-24-15-4-2-3-14(10-15)20-11-13(9-17(20)21)19-25(22,23)16-7-5-12(18)6-8-16/h2-8,10,13,19H,9,11H2,1H3/t13-/m0/s1. The molecule has 1 aliphatic rings. The van der Waals surface area contributed by atoms with E-state index in [2.05, 4.69) is 4.72 Å². The molecule has 1 fully saturated rings. The highest BCUT2D eigenvalue weighted by molar-refractivity contribution is 7.89. The van der Waals surface area contributed by atoms with Gasteiger partial charge in [0, 0.05) is 30.8 Å². The fraction of sp³-hybridized carbons (Fsp3) is 0.235. The van der Waals surface area contributed by atoms with E-state index in [1.807, 2.05) is 0 Å². The van der Waals surface area contributed by atoms with E-state index in [4.69, 9.17) is 4.74 Å². The molecule has 1 heterocycles. The lowest BCUT2D eigenvalue weighted by atomic mass is 10.3. The second kappa shape index (κ2) is 6.81. The molecule has 0 spiro atoms. The van der Waals surface area contributed by atoms with Crippen LogP contribution in [0.15, 0.2) is 53.4 Å². The molecule has 8 heteroatoms. The van der Waals surface area contributed by atoms with Crippen molar-refractivity contribution in [2.75, 3.05) is 18.6 Å². The molecular formula is C17H17FN2O4S. The van der Waals surface area contributed by atoms with Gasteiger partial charge in [0.2, 0.25) is 15.9 Å². The minimum Gasteiger partial charge on any atom is -0.497 e. The van der Waals surface area contributed by atoms with Crippen molar-refractivity contribution in [3.63, 3.8) is 0 Å². The fourth-order valence-electron chi connectivity index (χ4n) is 2.72. The minimum atomic E-state index is -3.82. The van der Waals surface area contributed by atoms with Gasteiger partial charge in [-0.15, -0.1) is 0 Å². The van der Waals surface area contributed by atoms with Crippen molar-refractivity contribution in [3.05, 3.63) is 54.3 Å². The van der Waals surface area contributed by atoms with Crippen LogP contribution in [-0.4, -0.2) is 34.0 Å². The van der Waals surface area contributed by atoms with Crippen molar-refractivity contribution in [3.8, 4) is 5.75 Å². The van der Waals surface area contributed by atoms with Gasteiger partial charge in [-0.05, 0) is 36.4 Å². The number of hydrogen-bond acceptors (Lipinski definition) is 4. The Kier molecular flexibility index (Phi) is 4.73. The predicted molar refractivity (Wildman–Crippen MR) is 90.5 cm³/mol. The molecule has 3 rings (SSSR count). The lowest BCUT2D eigenvalue weighted by molar-refractivity contribution is -0.117. The number of sulfonamides is 1. The Bertz CT molecular complexity index is 884. The summed E-state index contributed by atoms with van der Waals surface area (Å²) in [5.41, 5.74) is 0.646. The number of benzene rings is 2. The topological polar surface area (TPSA) is 75.7 Å². The molecule has 25 heavy (non-hydrogen) atoms. The first kappa shape index (κ1) is 17.4. The molecule has 0 radical (unpaired) electrons. The number of nitrogens with one attached hydrogen (secondary N) is 1. The van der Waals surface area contributed by atoms with Gasteiger partial charge in [0.15, 0.2) is 0 Å². The number of anilines is 1. The number of amides is 1. The van der Waals surface area contributed by atoms with Crippen molar-refractivity contribution in [1.82, 2.24) is 4.72 Å². The molecule has 0 saturated carbocycles. The molecule has 1 amide bonds. The zero-order valence-corrected chi connectivity index (χ0v) is 14.3. The highest BCUT2D eigenvalue weighted by Gasteiger charge is 2.33. The van der Waals surface area contributed by atoms with Crippen LogP contribution in [0, 0.1) is 5.82 Å². The number of hydrogen-bond donors (Lipinski definition) is 1. The van der Waals surface area contributed by atoms with Crippen molar-refractivity contribution in [2.45, 2.75) is 17.4 Å². The predicted octanol–water partition coefficient (Wildman–Crippen LogP) is 1.92. The molecule has 6 nitrogen and oxygen atoms in total. The number of carbonyl (C=O) groups is 1. The average molecular weight is 364 g/mol. The summed E-state index contributed by atoms with van der Waals surface area (Å²) in [4.78, 5) is 13.7. The SMILES string of the molecule is COc1cccc(N2C[C@@H](NS(=O)(=O)c3ccc(F)cc3)CC2=O)c1. The molecule has 0 unspecified atom stereocenters. The first-order valence-corrected chi connectivity index (χ1v) is 9.10. The summed E-state index contributed by atoms with van der Waals surface area (Å²) in [7, 11) is -2.29. The van der Waals surface area contributed by atoms with Crippen molar-refractivity contribution >= 4 is 21.6 Å². The summed E-state index contributed by atoms with van der Waals surface area (Å²) >= 11 is 0. The zero-order valence-electron chi connectivity index (χ0n) is 13.5. The number of halogens is 1. The number of rotatable bonds is 5. The lowest BCUT2D eigenvalue weighted by Gasteiger charge is -2.18. The molecular weight excluding hydrogens is 347 g/mol. The van der Waals surface area contributed by atoms with Gasteiger partial charge in [-0.2, -0.15) is 0 Å². The molecule has 0 aliphatic carbocycles. The Morgan fingerprint density at radius 1 is 1.20 bits per heavy atom. The van der Waals surface area contributed by atoms with Gasteiger partial charge in [0.05, 0.1) is 12.0 Å². The number of carbonyl (C=O) groups excluding carboxylic acids is 1. The molecule has 0 bridgehead atoms. The van der Waals surface area contributed by atoms with Crippen LogP contribution < -0.4 is 14.4 Å². The number of ether oxygens (including phenoxy) is 1. The van der Waals surface area contributed by atoms with E-state index >= 15 is 0 Å². The summed E-state index contributed by atoms with van der Waals surface area (Å²) in [6.07, 6.45) is 0.0532. The van der Waals surface area contributed by atoms with Crippen molar-refractivity contribution in [2.24, 2.45) is 0 Å². The van der Waals surface area contributed by atoms with Gasteiger partial charge < -0.3 is 9.64 Å². The summed E-state index contributed by atoms with van der Waals surface area (Å²) in [6.45, 7) is 0.215. The first-order valence-electron chi connectivity index (χ1n) is 7.61. The Morgan fingerprint density at radius 2 is 1.92 bits per heavy atom. The molecule has 1 atom stereocenters. The normalized spacial score (nSPS) is 17.8. The third-order valence-corrected chi connectivity index (χ3v) is 5.47. The van der Waals surface area contributed by atoms with Crippen LogP contribution in [0.25, 0.3) is 0 Å². The Morgan fingerprint density at radius 3 is 2.60 bits per heavy atom. The van der Waals surface area contributed by atoms with Crippen molar-refractivity contribution < 1.29 is 22.3 Å². The van der Waals surface area contributed by atoms with Crippen LogP contribution in [-0.2, 0) is 14.8 Å². The van der Waals surface area contributed by atoms with Gasteiger partial charge >= 0.3 is 0 Å². The van der Waals surface area contributed by atoms with E-state index in [-0.39, 0.29) is 23.8 Å². The molecule has 1 aliphatic heterocycles. The Hall–Kier alpha value is -2.45. The van der Waals surface area contributed by atoms with E-state index < -0.39 is 21.9 Å². The molecule has 2 aromatic rings. The van der Waals surface area contributed by atoms with E-state index in [0.717, 1.165) is 12.1 Å². The van der Waals surface area contributed by atoms with Gasteiger partial charge in [-0.1, -0.05) is 6.07 Å². The maximum Gasteiger partial charge on any atom is 0.240 e. The Balaban J connectivity index is 1.75. The summed E-state index contributed by atoms with van der Waals surface area (Å²) < 4.78 is 45.3. The third kappa shape index (κ3) is 3.80.